The van der Waals surface area contributed by atoms with Crippen LogP contribution in [0.25, 0.3) is 0 Å². The number of ether oxygens (including phenoxy) is 1. The van der Waals surface area contributed by atoms with Gasteiger partial charge in [0.25, 0.3) is 0 Å². The van der Waals surface area contributed by atoms with E-state index < -0.39 is 0 Å². The van der Waals surface area contributed by atoms with Crippen molar-refractivity contribution in [2.75, 3.05) is 27.3 Å². The predicted octanol–water partition coefficient (Wildman–Crippen LogP) is 4.94. The number of benzene rings is 1. The summed E-state index contributed by atoms with van der Waals surface area (Å²) >= 11 is 0. The van der Waals surface area contributed by atoms with E-state index in [2.05, 4.69) is 36.5 Å². The fourth-order valence-corrected chi connectivity index (χ4v) is 2.58. The molecular formula is C22H46N2O2Y. The summed E-state index contributed by atoms with van der Waals surface area (Å²) in [6.45, 7) is 7.93. The number of hydrogen-bond acceptors (Lipinski definition) is 4. The first-order valence-electron chi connectivity index (χ1n) is 10.3. The Balaban J connectivity index is -0.000000210. The Bertz CT molecular complexity index is 456. The normalized spacial score (nSPS) is 15.4. The topological polar surface area (TPSA) is 67.5 Å². The van der Waals surface area contributed by atoms with Crippen LogP contribution in [0.15, 0.2) is 24.3 Å². The van der Waals surface area contributed by atoms with E-state index in [4.69, 9.17) is 15.6 Å². The molecule has 1 radical (unpaired) electrons. The molecule has 0 aromatic heterocycles. The van der Waals surface area contributed by atoms with Gasteiger partial charge in [0.05, 0.1) is 6.61 Å². The Hall–Kier alpha value is 0.00390. The van der Waals surface area contributed by atoms with Crippen LogP contribution in [0.3, 0.4) is 0 Å². The van der Waals surface area contributed by atoms with Gasteiger partial charge in [-0.05, 0) is 69.3 Å². The summed E-state index contributed by atoms with van der Waals surface area (Å²) in [6.07, 6.45) is 8.94. The monoisotopic (exact) mass is 459 g/mol. The van der Waals surface area contributed by atoms with Crippen molar-refractivity contribution in [1.82, 2.24) is 5.32 Å². The molecule has 4 nitrogen and oxygen atoms in total. The summed E-state index contributed by atoms with van der Waals surface area (Å²) in [5.41, 5.74) is 6.84. The van der Waals surface area contributed by atoms with Crippen LogP contribution >= 0.6 is 0 Å². The molecule has 0 heterocycles. The van der Waals surface area contributed by atoms with Gasteiger partial charge in [0.1, 0.15) is 5.75 Å². The van der Waals surface area contributed by atoms with Crippen LogP contribution in [0.1, 0.15) is 74.1 Å². The first-order chi connectivity index (χ1) is 12.7. The Morgan fingerprint density at radius 2 is 1.85 bits per heavy atom. The standard InChI is InChI=1S/C14H19NO.C5H13N.C2H6.CH4O.Y.2H2/c1-15-14(7-8-14)12-3-2-4-13(9-12)16-10-11-5-6-11;1-2-3-4-5-6;2*1-2;;;/h2-4,9,11,15H,5-8,10H2,1H3;2-6H2,1H3;1-2H3;2H,1H3;;2*1H. The van der Waals surface area contributed by atoms with Crippen LogP contribution in [-0.4, -0.2) is 32.4 Å². The molecule has 1 aromatic carbocycles. The van der Waals surface area contributed by atoms with Crippen molar-refractivity contribution in [1.29, 1.82) is 0 Å². The van der Waals surface area contributed by atoms with Crippen molar-refractivity contribution in [3.8, 4) is 5.75 Å². The molecule has 5 heteroatoms. The molecule has 2 saturated carbocycles. The fraction of sp³-hybridized carbons (Fsp3) is 0.727. The van der Waals surface area contributed by atoms with E-state index in [0.29, 0.717) is 0 Å². The maximum atomic E-state index is 7.00. The number of aliphatic hydroxyl groups is 1. The van der Waals surface area contributed by atoms with Crippen LogP contribution < -0.4 is 15.8 Å². The molecule has 0 spiro atoms. The van der Waals surface area contributed by atoms with Gasteiger partial charge in [-0.25, -0.2) is 0 Å². The van der Waals surface area contributed by atoms with Gasteiger partial charge in [-0.2, -0.15) is 0 Å². The number of rotatable bonds is 8. The molecule has 4 N–H and O–H groups in total. The minimum absolute atomic E-state index is 0. The first-order valence-corrected chi connectivity index (χ1v) is 10.3. The molecule has 2 aliphatic rings. The minimum Gasteiger partial charge on any atom is -0.493 e. The summed E-state index contributed by atoms with van der Waals surface area (Å²) in [4.78, 5) is 0. The third-order valence-electron chi connectivity index (χ3n) is 4.61. The van der Waals surface area contributed by atoms with Crippen LogP contribution in [0.2, 0.25) is 0 Å². The zero-order valence-electron chi connectivity index (χ0n) is 18.3. The molecule has 2 fully saturated rings. The van der Waals surface area contributed by atoms with E-state index in [9.17, 15) is 0 Å². The predicted molar refractivity (Wildman–Crippen MR) is 117 cm³/mol. The summed E-state index contributed by atoms with van der Waals surface area (Å²) < 4.78 is 5.81. The van der Waals surface area contributed by atoms with Gasteiger partial charge >= 0.3 is 0 Å². The summed E-state index contributed by atoms with van der Waals surface area (Å²) in [5.74, 6) is 1.86. The maximum absolute atomic E-state index is 7.00. The van der Waals surface area contributed by atoms with Crippen molar-refractivity contribution in [3.63, 3.8) is 0 Å². The van der Waals surface area contributed by atoms with Crippen molar-refractivity contribution < 1.29 is 45.4 Å². The van der Waals surface area contributed by atoms with E-state index in [1.807, 2.05) is 20.9 Å². The van der Waals surface area contributed by atoms with Crippen molar-refractivity contribution >= 4 is 0 Å². The average Bonchev–Trinajstić information content (AvgIpc) is 3.63. The molecule has 1 aromatic rings. The van der Waals surface area contributed by atoms with Crippen LogP contribution in [0.4, 0.5) is 0 Å². The number of nitrogens with one attached hydrogen (secondary N) is 1. The van der Waals surface area contributed by atoms with Gasteiger partial charge in [-0.15, -0.1) is 0 Å². The number of aliphatic hydroxyl groups excluding tert-OH is 1. The second kappa shape index (κ2) is 18.1. The van der Waals surface area contributed by atoms with Crippen molar-refractivity contribution in [2.45, 2.75) is 71.3 Å². The molecule has 0 atom stereocenters. The molecule has 159 valence electrons. The van der Waals surface area contributed by atoms with E-state index in [1.54, 1.807) is 0 Å². The summed E-state index contributed by atoms with van der Waals surface area (Å²) in [5, 5.41) is 10.4. The second-order valence-electron chi connectivity index (χ2n) is 6.61. The molecule has 2 aliphatic carbocycles. The number of unbranched alkanes of at least 4 members (excludes halogenated alkanes) is 2. The number of nitrogens with two attached hydrogens (primary N) is 1. The van der Waals surface area contributed by atoms with Crippen molar-refractivity contribution in [3.05, 3.63) is 29.8 Å². The van der Waals surface area contributed by atoms with Gasteiger partial charge in [-0.3, -0.25) is 0 Å². The molecule has 0 amide bonds. The molecule has 0 aliphatic heterocycles. The molecular weight excluding hydrogens is 413 g/mol. The van der Waals surface area contributed by atoms with Crippen LogP contribution in [0, 0.1) is 5.92 Å². The van der Waals surface area contributed by atoms with E-state index in [-0.39, 0.29) is 41.1 Å². The quantitative estimate of drug-likeness (QED) is 0.482. The largest absolute Gasteiger partial charge is 0.493 e. The van der Waals surface area contributed by atoms with Gasteiger partial charge in [0.15, 0.2) is 0 Å². The Morgan fingerprint density at radius 1 is 1.22 bits per heavy atom. The molecule has 0 saturated heterocycles. The first kappa shape index (κ1) is 29.2. The summed E-state index contributed by atoms with van der Waals surface area (Å²) in [7, 11) is 3.05. The average molecular weight is 460 g/mol. The Labute approximate surface area is 195 Å². The fourth-order valence-electron chi connectivity index (χ4n) is 2.58. The third kappa shape index (κ3) is 12.2. The van der Waals surface area contributed by atoms with E-state index in [1.165, 1.54) is 50.5 Å². The minimum atomic E-state index is 0. The second-order valence-corrected chi connectivity index (χ2v) is 6.61. The zero-order valence-corrected chi connectivity index (χ0v) is 21.1. The Morgan fingerprint density at radius 3 is 2.26 bits per heavy atom. The zero-order chi connectivity index (χ0) is 19.8. The van der Waals surface area contributed by atoms with Crippen LogP contribution in [-0.2, 0) is 38.2 Å². The smallest absolute Gasteiger partial charge is 0.119 e. The molecule has 3 rings (SSSR count). The molecule has 0 unspecified atom stereocenters. The number of hydrogen-bond donors (Lipinski definition) is 3. The third-order valence-corrected chi connectivity index (χ3v) is 4.61. The van der Waals surface area contributed by atoms with Gasteiger partial charge in [-0.1, -0.05) is 45.7 Å². The molecule has 0 bridgehead atoms. The van der Waals surface area contributed by atoms with Crippen LogP contribution in [0.5, 0.6) is 5.75 Å². The van der Waals surface area contributed by atoms with Gasteiger partial charge < -0.3 is 20.9 Å². The Kier molecular flexibility index (Phi) is 19.5. The SMILES string of the molecule is CC.CCCCCN.CNC1(c2cccc(OCC3CC3)c2)CC1.CO.[HH].[HH].[Y]. The summed E-state index contributed by atoms with van der Waals surface area (Å²) in [6, 6.07) is 8.58. The van der Waals surface area contributed by atoms with Gasteiger partial charge in [0.2, 0.25) is 0 Å². The van der Waals surface area contributed by atoms with E-state index in [0.717, 1.165) is 31.9 Å². The molecule has 27 heavy (non-hydrogen) atoms. The maximum Gasteiger partial charge on any atom is 0.119 e. The van der Waals surface area contributed by atoms with E-state index >= 15 is 0 Å². The van der Waals surface area contributed by atoms with Crippen molar-refractivity contribution in [2.24, 2.45) is 11.7 Å². The van der Waals surface area contributed by atoms with Gasteiger partial charge in [0, 0.05) is 48.2 Å².